The molecule has 0 spiro atoms. The molecule has 8 rings (SSSR count). The SMILES string of the molecule is CC(C)(C)c1cc(N2C=CN(c3cc(Oc4ccc5c6ccccc6n(-c6cc(C(C)(C)C)ccn6)c5c4)cc(-c4ccccc4)c3)C2)cc(C(C)(C)C)c1. The summed E-state index contributed by atoms with van der Waals surface area (Å²) in [5.74, 6) is 2.45. The maximum Gasteiger partial charge on any atom is 0.137 e. The van der Waals surface area contributed by atoms with Gasteiger partial charge in [-0.2, -0.15) is 0 Å². The number of benzene rings is 5. The molecule has 0 saturated heterocycles. The van der Waals surface area contributed by atoms with Crippen molar-refractivity contribution < 1.29 is 4.74 Å². The lowest BCUT2D eigenvalue weighted by molar-refractivity contribution is 0.483. The molecule has 55 heavy (non-hydrogen) atoms. The van der Waals surface area contributed by atoms with Crippen LogP contribution in [0.4, 0.5) is 11.4 Å². The molecular weight excluding hydrogens is 673 g/mol. The predicted molar refractivity (Wildman–Crippen MR) is 232 cm³/mol. The molecule has 0 unspecified atom stereocenters. The fourth-order valence-electron chi connectivity index (χ4n) is 7.41. The van der Waals surface area contributed by atoms with E-state index in [2.05, 4.69) is 210 Å². The van der Waals surface area contributed by atoms with Crippen LogP contribution in [-0.2, 0) is 16.2 Å². The third kappa shape index (κ3) is 7.24. The van der Waals surface area contributed by atoms with Gasteiger partial charge in [0, 0.05) is 52.9 Å². The summed E-state index contributed by atoms with van der Waals surface area (Å²) in [5.41, 5.74) is 10.7. The molecule has 0 atom stereocenters. The van der Waals surface area contributed by atoms with Crippen molar-refractivity contribution in [1.29, 1.82) is 0 Å². The highest BCUT2D eigenvalue weighted by Gasteiger charge is 2.25. The Morgan fingerprint density at radius 3 is 1.78 bits per heavy atom. The van der Waals surface area contributed by atoms with Gasteiger partial charge in [0.2, 0.25) is 0 Å². The average Bonchev–Trinajstić information content (AvgIpc) is 3.78. The number of aromatic nitrogens is 2. The molecule has 278 valence electrons. The molecule has 1 aliphatic rings. The summed E-state index contributed by atoms with van der Waals surface area (Å²) >= 11 is 0. The Kier molecular flexibility index (Phi) is 8.87. The normalized spacial score (nSPS) is 13.7. The van der Waals surface area contributed by atoms with Crippen LogP contribution in [0.25, 0.3) is 38.8 Å². The van der Waals surface area contributed by atoms with Gasteiger partial charge < -0.3 is 14.5 Å². The van der Waals surface area contributed by atoms with Gasteiger partial charge in [0.25, 0.3) is 0 Å². The van der Waals surface area contributed by atoms with Gasteiger partial charge in [-0.25, -0.2) is 4.98 Å². The van der Waals surface area contributed by atoms with Crippen molar-refractivity contribution in [3.8, 4) is 28.4 Å². The van der Waals surface area contributed by atoms with E-state index in [0.717, 1.165) is 50.6 Å². The van der Waals surface area contributed by atoms with Crippen LogP contribution in [0, 0.1) is 0 Å². The van der Waals surface area contributed by atoms with Crippen LogP contribution < -0.4 is 14.5 Å². The Labute approximate surface area is 326 Å². The molecule has 0 bridgehead atoms. The van der Waals surface area contributed by atoms with Crippen LogP contribution in [0.3, 0.4) is 0 Å². The summed E-state index contributed by atoms with van der Waals surface area (Å²) in [6.45, 7) is 21.2. The highest BCUT2D eigenvalue weighted by molar-refractivity contribution is 6.09. The molecule has 5 aromatic carbocycles. The first-order valence-electron chi connectivity index (χ1n) is 19.4. The Morgan fingerprint density at radius 1 is 0.491 bits per heavy atom. The number of pyridine rings is 1. The van der Waals surface area contributed by atoms with Crippen LogP contribution in [0.2, 0.25) is 0 Å². The number of hydrogen-bond donors (Lipinski definition) is 0. The van der Waals surface area contributed by atoms with Crippen molar-refractivity contribution in [2.75, 3.05) is 16.5 Å². The second-order valence-corrected chi connectivity index (χ2v) is 18.0. The molecule has 0 N–H and O–H groups in total. The Morgan fingerprint density at radius 2 is 1.11 bits per heavy atom. The highest BCUT2D eigenvalue weighted by atomic mass is 16.5. The minimum absolute atomic E-state index is 0.000407. The van der Waals surface area contributed by atoms with Crippen molar-refractivity contribution in [2.24, 2.45) is 0 Å². The first kappa shape index (κ1) is 36.2. The van der Waals surface area contributed by atoms with E-state index in [1.165, 1.54) is 27.8 Å². The lowest BCUT2D eigenvalue weighted by atomic mass is 9.80. The molecule has 0 fully saturated rings. The van der Waals surface area contributed by atoms with E-state index < -0.39 is 0 Å². The number of hydrogen-bond acceptors (Lipinski definition) is 4. The molecular formula is C50H52N4O. The third-order valence-corrected chi connectivity index (χ3v) is 10.8. The summed E-state index contributed by atoms with van der Waals surface area (Å²) in [7, 11) is 0. The average molecular weight is 725 g/mol. The molecule has 0 saturated carbocycles. The van der Waals surface area contributed by atoms with Crippen molar-refractivity contribution in [2.45, 2.75) is 78.6 Å². The second-order valence-electron chi connectivity index (χ2n) is 18.0. The summed E-state index contributed by atoms with van der Waals surface area (Å²) in [5, 5.41) is 2.35. The lowest BCUT2D eigenvalue weighted by Gasteiger charge is -2.29. The van der Waals surface area contributed by atoms with Gasteiger partial charge in [-0.05, 0) is 98.7 Å². The van der Waals surface area contributed by atoms with Crippen LogP contribution in [0.15, 0.2) is 140 Å². The van der Waals surface area contributed by atoms with E-state index in [9.17, 15) is 0 Å². The van der Waals surface area contributed by atoms with Gasteiger partial charge in [0.15, 0.2) is 0 Å². The quantitative estimate of drug-likeness (QED) is 0.171. The molecule has 0 radical (unpaired) electrons. The smallest absolute Gasteiger partial charge is 0.137 e. The summed E-state index contributed by atoms with van der Waals surface area (Å²) < 4.78 is 9.10. The molecule has 2 aromatic heterocycles. The van der Waals surface area contributed by atoms with Crippen molar-refractivity contribution in [3.05, 3.63) is 157 Å². The molecule has 0 amide bonds. The Balaban J connectivity index is 1.18. The van der Waals surface area contributed by atoms with Crippen molar-refractivity contribution in [3.63, 3.8) is 0 Å². The molecule has 5 nitrogen and oxygen atoms in total. The van der Waals surface area contributed by atoms with Gasteiger partial charge in [0.05, 0.1) is 17.7 Å². The Bertz CT molecular complexity index is 2530. The minimum atomic E-state index is -0.000407. The van der Waals surface area contributed by atoms with Crippen LogP contribution >= 0.6 is 0 Å². The first-order chi connectivity index (χ1) is 26.1. The minimum Gasteiger partial charge on any atom is -0.457 e. The molecule has 0 aliphatic carbocycles. The van der Waals surface area contributed by atoms with Gasteiger partial charge >= 0.3 is 0 Å². The first-order valence-corrected chi connectivity index (χ1v) is 19.4. The number of para-hydroxylation sites is 1. The fraction of sp³-hybridized carbons (Fsp3) is 0.260. The van der Waals surface area contributed by atoms with Crippen LogP contribution in [0.5, 0.6) is 11.5 Å². The Hall–Kier alpha value is -5.81. The van der Waals surface area contributed by atoms with Crippen LogP contribution in [0.1, 0.15) is 79.0 Å². The van der Waals surface area contributed by atoms with Crippen LogP contribution in [-0.4, -0.2) is 16.2 Å². The largest absolute Gasteiger partial charge is 0.457 e. The van der Waals surface area contributed by atoms with Gasteiger partial charge in [-0.15, -0.1) is 0 Å². The zero-order valence-corrected chi connectivity index (χ0v) is 33.7. The van der Waals surface area contributed by atoms with Gasteiger partial charge in [-0.1, -0.05) is 117 Å². The van der Waals surface area contributed by atoms with E-state index in [0.29, 0.717) is 6.67 Å². The molecule has 3 heterocycles. The molecule has 1 aliphatic heterocycles. The predicted octanol–water partition coefficient (Wildman–Crippen LogP) is 13.3. The van der Waals surface area contributed by atoms with E-state index in [4.69, 9.17) is 9.72 Å². The number of fused-ring (bicyclic) bond motifs is 3. The number of anilines is 2. The molecule has 5 heteroatoms. The van der Waals surface area contributed by atoms with E-state index in [-0.39, 0.29) is 16.2 Å². The van der Waals surface area contributed by atoms with E-state index in [1.807, 2.05) is 6.20 Å². The zero-order valence-electron chi connectivity index (χ0n) is 33.7. The fourth-order valence-corrected chi connectivity index (χ4v) is 7.41. The van der Waals surface area contributed by atoms with Gasteiger partial charge in [0.1, 0.15) is 17.3 Å². The third-order valence-electron chi connectivity index (χ3n) is 10.8. The van der Waals surface area contributed by atoms with Gasteiger partial charge in [-0.3, -0.25) is 4.57 Å². The van der Waals surface area contributed by atoms with Crippen molar-refractivity contribution >= 4 is 33.2 Å². The van der Waals surface area contributed by atoms with E-state index in [1.54, 1.807) is 0 Å². The summed E-state index contributed by atoms with van der Waals surface area (Å²) in [6.07, 6.45) is 6.29. The monoisotopic (exact) mass is 724 g/mol. The standard InChI is InChI=1S/C50H52N4O/c1-48(2,3)36-21-22-51-47(30-36)54-45-18-14-13-17-43(45)44-20-19-41(32-46(44)54)55-42-26-35(34-15-11-10-12-16-34)25-39(31-42)52-23-24-53(33-52)40-28-37(49(4,5)6)27-38(29-40)50(7,8)9/h10-32H,33H2,1-9H3. The lowest BCUT2D eigenvalue weighted by Crippen LogP contribution is -2.26. The zero-order chi connectivity index (χ0) is 38.7. The summed E-state index contributed by atoms with van der Waals surface area (Å²) in [4.78, 5) is 9.52. The maximum absolute atomic E-state index is 6.83. The number of rotatable bonds is 6. The van der Waals surface area contributed by atoms with E-state index >= 15 is 0 Å². The summed E-state index contributed by atoms with van der Waals surface area (Å²) in [6, 6.07) is 43.5. The maximum atomic E-state index is 6.83. The molecule has 7 aromatic rings. The number of ether oxygens (including phenoxy) is 1. The van der Waals surface area contributed by atoms with Crippen molar-refractivity contribution in [1.82, 2.24) is 9.55 Å². The second kappa shape index (κ2) is 13.5. The topological polar surface area (TPSA) is 33.5 Å². The highest BCUT2D eigenvalue weighted by Crippen LogP contribution is 2.40. The number of nitrogens with zero attached hydrogens (tertiary/aromatic N) is 4.